The Balaban J connectivity index is 1.59. The monoisotopic (exact) mass is 335 g/mol. The first-order valence-electron chi connectivity index (χ1n) is 7.59. The van der Waals surface area contributed by atoms with Gasteiger partial charge in [0.15, 0.2) is 0 Å². The summed E-state index contributed by atoms with van der Waals surface area (Å²) in [6.07, 6.45) is -0.886. The van der Waals surface area contributed by atoms with Crippen LogP contribution in [0.15, 0.2) is 42.6 Å². The molecule has 1 fully saturated rings. The number of hydrogen-bond acceptors (Lipinski definition) is 3. The average molecular weight is 335 g/mol. The Hall–Kier alpha value is -2.57. The van der Waals surface area contributed by atoms with Gasteiger partial charge >= 0.3 is 6.18 Å². The van der Waals surface area contributed by atoms with Crippen LogP contribution in [0.5, 0.6) is 0 Å². The maximum absolute atomic E-state index is 12.7. The van der Waals surface area contributed by atoms with E-state index in [2.05, 4.69) is 15.6 Å². The average Bonchev–Trinajstić information content (AvgIpc) is 3.37. The molecule has 3 rings (SSSR count). The number of pyridine rings is 1. The molecule has 0 atom stereocenters. The quantitative estimate of drug-likeness (QED) is 0.878. The third-order valence-corrected chi connectivity index (χ3v) is 3.67. The summed E-state index contributed by atoms with van der Waals surface area (Å²) in [5, 5.41) is 5.81. The number of carbonyl (C=O) groups excluding carboxylic acids is 1. The van der Waals surface area contributed by atoms with Crippen molar-refractivity contribution < 1.29 is 18.0 Å². The second-order valence-corrected chi connectivity index (χ2v) is 5.73. The normalized spacial score (nSPS) is 14.3. The first-order valence-corrected chi connectivity index (χ1v) is 7.59. The molecule has 1 amide bonds. The van der Waals surface area contributed by atoms with Crippen LogP contribution < -0.4 is 10.6 Å². The number of halogens is 3. The fourth-order valence-electron chi connectivity index (χ4n) is 2.18. The number of alkyl halides is 3. The van der Waals surface area contributed by atoms with Crippen LogP contribution >= 0.6 is 0 Å². The molecule has 0 unspecified atom stereocenters. The van der Waals surface area contributed by atoms with E-state index in [0.29, 0.717) is 16.9 Å². The second kappa shape index (κ2) is 6.51. The summed E-state index contributed by atoms with van der Waals surface area (Å²) in [6.45, 7) is 0.213. The van der Waals surface area contributed by atoms with Gasteiger partial charge in [-0.05, 0) is 42.7 Å². The number of benzene rings is 1. The van der Waals surface area contributed by atoms with E-state index in [1.165, 1.54) is 12.3 Å². The number of carbonyl (C=O) groups is 1. The molecule has 0 aliphatic heterocycles. The summed E-state index contributed by atoms with van der Waals surface area (Å²) in [7, 11) is 0. The topological polar surface area (TPSA) is 54.0 Å². The fourth-order valence-corrected chi connectivity index (χ4v) is 2.18. The minimum absolute atomic E-state index is 0.158. The lowest BCUT2D eigenvalue weighted by Crippen LogP contribution is -2.25. The summed E-state index contributed by atoms with van der Waals surface area (Å²) in [5.74, 6) is 0.338. The minimum Gasteiger partial charge on any atom is -0.366 e. The molecular weight excluding hydrogens is 319 g/mol. The Bertz CT molecular complexity index is 725. The molecule has 1 aliphatic rings. The molecule has 4 nitrogen and oxygen atoms in total. The molecule has 7 heteroatoms. The molecular formula is C17H16F3N3O. The Morgan fingerprint density at radius 3 is 2.62 bits per heavy atom. The summed E-state index contributed by atoms with van der Waals surface area (Å²) < 4.78 is 38.0. The van der Waals surface area contributed by atoms with E-state index in [9.17, 15) is 18.0 Å². The predicted octanol–water partition coefficient (Wildman–Crippen LogP) is 3.60. The summed E-state index contributed by atoms with van der Waals surface area (Å²) in [5.41, 5.74) is 0.288. The molecule has 0 saturated heterocycles. The van der Waals surface area contributed by atoms with Crippen LogP contribution in [-0.4, -0.2) is 16.9 Å². The molecule has 0 bridgehead atoms. The summed E-state index contributed by atoms with van der Waals surface area (Å²) in [6, 6.07) is 8.67. The number of nitrogens with one attached hydrogen (secondary N) is 2. The molecule has 1 saturated carbocycles. The van der Waals surface area contributed by atoms with Gasteiger partial charge in [0.05, 0.1) is 11.1 Å². The first kappa shape index (κ1) is 16.3. The molecule has 1 aromatic heterocycles. The SMILES string of the molecule is O=C(NC1CC1)c1ccc(NCc2cccc(C(F)(F)F)c2)nc1. The lowest BCUT2D eigenvalue weighted by atomic mass is 10.1. The zero-order valence-electron chi connectivity index (χ0n) is 12.7. The van der Waals surface area contributed by atoms with Crippen LogP contribution in [0, 0.1) is 0 Å². The molecule has 24 heavy (non-hydrogen) atoms. The van der Waals surface area contributed by atoms with Gasteiger partial charge in [-0.15, -0.1) is 0 Å². The zero-order chi connectivity index (χ0) is 17.2. The predicted molar refractivity (Wildman–Crippen MR) is 83.5 cm³/mol. The zero-order valence-corrected chi connectivity index (χ0v) is 12.7. The summed E-state index contributed by atoms with van der Waals surface area (Å²) in [4.78, 5) is 16.0. The van der Waals surface area contributed by atoms with Gasteiger partial charge in [0.25, 0.3) is 5.91 Å². The minimum atomic E-state index is -4.36. The number of nitrogens with zero attached hydrogens (tertiary/aromatic N) is 1. The van der Waals surface area contributed by atoms with E-state index in [-0.39, 0.29) is 18.5 Å². The number of hydrogen-bond donors (Lipinski definition) is 2. The molecule has 2 N–H and O–H groups in total. The maximum atomic E-state index is 12.7. The van der Waals surface area contributed by atoms with E-state index in [4.69, 9.17) is 0 Å². The molecule has 126 valence electrons. The molecule has 1 heterocycles. The van der Waals surface area contributed by atoms with Gasteiger partial charge < -0.3 is 10.6 Å². The molecule has 1 aliphatic carbocycles. The van der Waals surface area contributed by atoms with E-state index >= 15 is 0 Å². The van der Waals surface area contributed by atoms with Crippen molar-refractivity contribution in [1.82, 2.24) is 10.3 Å². The van der Waals surface area contributed by atoms with Gasteiger partial charge in [-0.1, -0.05) is 12.1 Å². The number of amides is 1. The highest BCUT2D eigenvalue weighted by atomic mass is 19.4. The van der Waals surface area contributed by atoms with Gasteiger partial charge in [0.2, 0.25) is 0 Å². The lowest BCUT2D eigenvalue weighted by Gasteiger charge is -2.10. The Labute approximate surface area is 137 Å². The van der Waals surface area contributed by atoms with Crippen molar-refractivity contribution in [3.05, 3.63) is 59.3 Å². The molecule has 0 spiro atoms. The van der Waals surface area contributed by atoms with Crippen LogP contribution in [0.25, 0.3) is 0 Å². The Kier molecular flexibility index (Phi) is 4.42. The Morgan fingerprint density at radius 2 is 2.00 bits per heavy atom. The fraction of sp³-hybridized carbons (Fsp3) is 0.294. The van der Waals surface area contributed by atoms with Crippen molar-refractivity contribution in [2.24, 2.45) is 0 Å². The smallest absolute Gasteiger partial charge is 0.366 e. The highest BCUT2D eigenvalue weighted by Crippen LogP contribution is 2.29. The first-order chi connectivity index (χ1) is 11.4. The van der Waals surface area contributed by atoms with Crippen LogP contribution in [-0.2, 0) is 12.7 Å². The van der Waals surface area contributed by atoms with Gasteiger partial charge in [0.1, 0.15) is 5.82 Å². The van der Waals surface area contributed by atoms with E-state index in [1.54, 1.807) is 18.2 Å². The second-order valence-electron chi connectivity index (χ2n) is 5.73. The highest BCUT2D eigenvalue weighted by Gasteiger charge is 2.30. The molecule has 2 aromatic rings. The third kappa shape index (κ3) is 4.24. The molecule has 0 radical (unpaired) electrons. The van der Waals surface area contributed by atoms with Crippen molar-refractivity contribution >= 4 is 11.7 Å². The van der Waals surface area contributed by atoms with E-state index < -0.39 is 11.7 Å². The van der Waals surface area contributed by atoms with E-state index in [0.717, 1.165) is 25.0 Å². The van der Waals surface area contributed by atoms with Gasteiger partial charge in [-0.3, -0.25) is 4.79 Å². The lowest BCUT2D eigenvalue weighted by molar-refractivity contribution is -0.137. The molecule has 1 aromatic carbocycles. The maximum Gasteiger partial charge on any atom is 0.416 e. The highest BCUT2D eigenvalue weighted by molar-refractivity contribution is 5.94. The standard InChI is InChI=1S/C17H16F3N3O/c18-17(19,20)13-3-1-2-11(8-13)9-21-15-7-4-12(10-22-15)16(24)23-14-5-6-14/h1-4,7-8,10,14H,5-6,9H2,(H,21,22)(H,23,24). The van der Waals surface area contributed by atoms with Crippen molar-refractivity contribution in [2.75, 3.05) is 5.32 Å². The van der Waals surface area contributed by atoms with Crippen molar-refractivity contribution in [2.45, 2.75) is 31.6 Å². The van der Waals surface area contributed by atoms with Crippen molar-refractivity contribution in [1.29, 1.82) is 0 Å². The van der Waals surface area contributed by atoms with Crippen molar-refractivity contribution in [3.63, 3.8) is 0 Å². The van der Waals surface area contributed by atoms with E-state index in [1.807, 2.05) is 0 Å². The number of rotatable bonds is 5. The van der Waals surface area contributed by atoms with Crippen LogP contribution in [0.2, 0.25) is 0 Å². The van der Waals surface area contributed by atoms with Crippen LogP contribution in [0.1, 0.15) is 34.3 Å². The third-order valence-electron chi connectivity index (χ3n) is 3.67. The Morgan fingerprint density at radius 1 is 1.21 bits per heavy atom. The van der Waals surface area contributed by atoms with Crippen molar-refractivity contribution in [3.8, 4) is 0 Å². The van der Waals surface area contributed by atoms with Crippen LogP contribution in [0.3, 0.4) is 0 Å². The number of aromatic nitrogens is 1. The largest absolute Gasteiger partial charge is 0.416 e. The number of anilines is 1. The van der Waals surface area contributed by atoms with Gasteiger partial charge in [-0.2, -0.15) is 13.2 Å². The van der Waals surface area contributed by atoms with Gasteiger partial charge in [-0.25, -0.2) is 4.98 Å². The van der Waals surface area contributed by atoms with Crippen LogP contribution in [0.4, 0.5) is 19.0 Å². The van der Waals surface area contributed by atoms with Gasteiger partial charge in [0, 0.05) is 18.8 Å². The summed E-state index contributed by atoms with van der Waals surface area (Å²) >= 11 is 0.